The van der Waals surface area contributed by atoms with Gasteiger partial charge in [0.05, 0.1) is 16.5 Å². The van der Waals surface area contributed by atoms with Gasteiger partial charge in [0.1, 0.15) is 11.6 Å². The van der Waals surface area contributed by atoms with Crippen LogP contribution in [0.25, 0.3) is 15.9 Å². The number of aryl methyl sites for hydroxylation is 1. The number of piperazine rings is 1. The highest BCUT2D eigenvalue weighted by atomic mass is 19.1. The second-order valence-corrected chi connectivity index (χ2v) is 10.0. The molecule has 1 aliphatic heterocycles. The summed E-state index contributed by atoms with van der Waals surface area (Å²) in [5.41, 5.74) is 0.961. The van der Waals surface area contributed by atoms with Crippen molar-refractivity contribution >= 4 is 28.2 Å². The second-order valence-electron chi connectivity index (χ2n) is 10.0. The number of fused-ring (bicyclic) bond motifs is 1. The standard InChI is InChI=1S/C29H26F2N6O3/c1-17-16-36(27-25-23(13-14-24(32-3)33-25)34(4)29(38)28(27)37(39)40)18(2)15-35(17)26(19-5-9-21(30)10-6-19)20-7-11-22(31)12-8-20/h5-14,17-18,26H,15-16H2,1-2,4H3/t17-,18+/m1/s1. The molecule has 11 heteroatoms. The van der Waals surface area contributed by atoms with E-state index in [0.717, 1.165) is 11.1 Å². The highest BCUT2D eigenvalue weighted by Crippen LogP contribution is 2.39. The Bertz CT molecular complexity index is 1650. The molecule has 9 nitrogen and oxygen atoms in total. The predicted octanol–water partition coefficient (Wildman–Crippen LogP) is 5.36. The van der Waals surface area contributed by atoms with Crippen molar-refractivity contribution in [3.63, 3.8) is 0 Å². The van der Waals surface area contributed by atoms with E-state index >= 15 is 0 Å². The Balaban J connectivity index is 1.62. The van der Waals surface area contributed by atoms with Crippen molar-refractivity contribution < 1.29 is 13.7 Å². The van der Waals surface area contributed by atoms with Gasteiger partial charge in [0.2, 0.25) is 5.52 Å². The average Bonchev–Trinajstić information content (AvgIpc) is 2.94. The summed E-state index contributed by atoms with van der Waals surface area (Å²) in [5, 5.41) is 12.2. The summed E-state index contributed by atoms with van der Waals surface area (Å²) in [7, 11) is 1.45. The van der Waals surface area contributed by atoms with E-state index in [9.17, 15) is 23.7 Å². The number of anilines is 1. The van der Waals surface area contributed by atoms with Crippen LogP contribution in [0.1, 0.15) is 31.0 Å². The van der Waals surface area contributed by atoms with Crippen LogP contribution in [0.3, 0.4) is 0 Å². The first kappa shape index (κ1) is 26.9. The molecule has 0 N–H and O–H groups in total. The fraction of sp³-hybridized carbons (Fsp3) is 0.276. The molecule has 3 heterocycles. The topological polar surface area (TPSA) is 88.9 Å². The van der Waals surface area contributed by atoms with Gasteiger partial charge in [-0.1, -0.05) is 30.8 Å². The third kappa shape index (κ3) is 4.67. The Labute approximate surface area is 228 Å². The number of rotatable bonds is 5. The summed E-state index contributed by atoms with van der Waals surface area (Å²) in [5.74, 6) is -0.679. The molecular formula is C29H26F2N6O3. The highest BCUT2D eigenvalue weighted by molar-refractivity contribution is 5.94. The van der Waals surface area contributed by atoms with E-state index < -0.39 is 16.2 Å². The van der Waals surface area contributed by atoms with Crippen LogP contribution in [0.15, 0.2) is 65.5 Å². The van der Waals surface area contributed by atoms with Crippen LogP contribution in [-0.2, 0) is 7.05 Å². The summed E-state index contributed by atoms with van der Waals surface area (Å²) in [6.45, 7) is 12.0. The molecule has 0 amide bonds. The molecule has 0 bridgehead atoms. The Kier molecular flexibility index (Phi) is 7.04. The smallest absolute Gasteiger partial charge is 0.361 e. The zero-order chi connectivity index (χ0) is 28.7. The van der Waals surface area contributed by atoms with E-state index in [2.05, 4.69) is 14.7 Å². The third-order valence-corrected chi connectivity index (χ3v) is 7.50. The molecule has 4 aromatic rings. The van der Waals surface area contributed by atoms with E-state index in [0.29, 0.717) is 18.6 Å². The Hall–Kier alpha value is -4.69. The number of halogens is 2. The van der Waals surface area contributed by atoms with Gasteiger partial charge in [-0.15, -0.1) is 4.98 Å². The lowest BCUT2D eigenvalue weighted by Gasteiger charge is -2.48. The number of benzene rings is 2. The lowest BCUT2D eigenvalue weighted by Crippen LogP contribution is -2.57. The van der Waals surface area contributed by atoms with Crippen LogP contribution in [0.2, 0.25) is 0 Å². The van der Waals surface area contributed by atoms with Crippen molar-refractivity contribution in [3.8, 4) is 0 Å². The first-order chi connectivity index (χ1) is 19.1. The average molecular weight is 545 g/mol. The van der Waals surface area contributed by atoms with Crippen LogP contribution in [0.5, 0.6) is 0 Å². The van der Waals surface area contributed by atoms with Crippen molar-refractivity contribution in [3.05, 3.63) is 115 Å². The maximum atomic E-state index is 13.8. The predicted molar refractivity (Wildman–Crippen MR) is 148 cm³/mol. The van der Waals surface area contributed by atoms with Crippen LogP contribution < -0.4 is 10.5 Å². The molecular weight excluding hydrogens is 518 g/mol. The first-order valence-electron chi connectivity index (χ1n) is 12.7. The molecule has 0 aliphatic carbocycles. The summed E-state index contributed by atoms with van der Waals surface area (Å²) in [6.07, 6.45) is 0. The molecule has 5 rings (SSSR count). The Morgan fingerprint density at radius 1 is 0.975 bits per heavy atom. The second kappa shape index (κ2) is 10.5. The minimum Gasteiger partial charge on any atom is -0.361 e. The molecule has 0 saturated carbocycles. The lowest BCUT2D eigenvalue weighted by molar-refractivity contribution is -0.385. The van der Waals surface area contributed by atoms with Crippen LogP contribution >= 0.6 is 0 Å². The molecule has 0 unspecified atom stereocenters. The van der Waals surface area contributed by atoms with Crippen molar-refractivity contribution in [2.24, 2.45) is 7.05 Å². The van der Waals surface area contributed by atoms with Gasteiger partial charge in [-0.05, 0) is 61.4 Å². The van der Waals surface area contributed by atoms with Crippen LogP contribution in [-0.4, -0.2) is 44.5 Å². The minimum absolute atomic E-state index is 0.0636. The van der Waals surface area contributed by atoms with Gasteiger partial charge in [0.15, 0.2) is 5.69 Å². The van der Waals surface area contributed by atoms with E-state index in [1.54, 1.807) is 30.3 Å². The van der Waals surface area contributed by atoms with Crippen LogP contribution in [0, 0.1) is 28.3 Å². The van der Waals surface area contributed by atoms with Crippen molar-refractivity contribution in [1.82, 2.24) is 14.5 Å². The summed E-state index contributed by atoms with van der Waals surface area (Å²) < 4.78 is 28.8. The Morgan fingerprint density at radius 2 is 1.55 bits per heavy atom. The minimum atomic E-state index is -0.761. The van der Waals surface area contributed by atoms with Crippen LogP contribution in [0.4, 0.5) is 26.0 Å². The van der Waals surface area contributed by atoms with Gasteiger partial charge in [-0.3, -0.25) is 19.8 Å². The van der Waals surface area contributed by atoms with Gasteiger partial charge in [0, 0.05) is 32.2 Å². The van der Waals surface area contributed by atoms with E-state index in [1.807, 2.05) is 18.7 Å². The van der Waals surface area contributed by atoms with Gasteiger partial charge in [0.25, 0.3) is 5.82 Å². The molecule has 1 saturated heterocycles. The van der Waals surface area contributed by atoms with Gasteiger partial charge in [-0.2, -0.15) is 0 Å². The Morgan fingerprint density at radius 3 is 2.08 bits per heavy atom. The van der Waals surface area contributed by atoms with Gasteiger partial charge < -0.3 is 14.3 Å². The zero-order valence-corrected chi connectivity index (χ0v) is 22.1. The fourth-order valence-electron chi connectivity index (χ4n) is 5.56. The van der Waals surface area contributed by atoms with Crippen molar-refractivity contribution in [2.75, 3.05) is 18.0 Å². The number of nitro groups is 1. The number of nitrogens with zero attached hydrogens (tertiary/aromatic N) is 6. The van der Waals surface area contributed by atoms with Gasteiger partial charge >= 0.3 is 11.2 Å². The van der Waals surface area contributed by atoms with E-state index in [1.165, 1.54) is 41.9 Å². The molecule has 2 aromatic carbocycles. The highest BCUT2D eigenvalue weighted by Gasteiger charge is 2.40. The normalized spacial score (nSPS) is 17.8. The maximum absolute atomic E-state index is 13.8. The monoisotopic (exact) mass is 544 g/mol. The molecule has 0 spiro atoms. The fourth-order valence-corrected chi connectivity index (χ4v) is 5.56. The largest absolute Gasteiger partial charge is 0.361 e. The molecule has 204 valence electrons. The summed E-state index contributed by atoms with van der Waals surface area (Å²) >= 11 is 0. The van der Waals surface area contributed by atoms with E-state index in [-0.39, 0.29) is 46.8 Å². The summed E-state index contributed by atoms with van der Waals surface area (Å²) in [6, 6.07) is 14.5. The maximum Gasteiger partial charge on any atom is 0.361 e. The first-order valence-corrected chi connectivity index (χ1v) is 12.7. The molecule has 2 aromatic heterocycles. The molecule has 0 radical (unpaired) electrons. The van der Waals surface area contributed by atoms with Crippen molar-refractivity contribution in [1.29, 1.82) is 0 Å². The lowest BCUT2D eigenvalue weighted by atomic mass is 9.93. The molecule has 1 aliphatic rings. The number of aromatic nitrogens is 2. The molecule has 40 heavy (non-hydrogen) atoms. The number of hydrogen-bond acceptors (Lipinski definition) is 6. The molecule has 1 fully saturated rings. The van der Waals surface area contributed by atoms with E-state index in [4.69, 9.17) is 6.57 Å². The van der Waals surface area contributed by atoms with Crippen molar-refractivity contribution in [2.45, 2.75) is 32.0 Å². The third-order valence-electron chi connectivity index (χ3n) is 7.50. The number of pyridine rings is 2. The zero-order valence-electron chi connectivity index (χ0n) is 22.1. The quantitative estimate of drug-likeness (QED) is 0.191. The number of hydrogen-bond donors (Lipinski definition) is 0. The molecule has 2 atom stereocenters. The summed E-state index contributed by atoms with van der Waals surface area (Å²) in [4.78, 5) is 36.5. The SMILES string of the molecule is [C-]#[N+]c1ccc2c(n1)c(N1C[C@@H](C)N(C(c3ccc(F)cc3)c3ccc(F)cc3)C[C@@H]1C)c([N+](=O)[O-])c(=O)n2C. The van der Waals surface area contributed by atoms with Gasteiger partial charge in [-0.25, -0.2) is 8.78 Å².